The molecule has 4 nitrogen and oxygen atoms in total. The minimum absolute atomic E-state index is 0.0549. The van der Waals surface area contributed by atoms with Crippen LogP contribution in [0, 0.1) is 5.92 Å². The molecule has 0 spiro atoms. The maximum absolute atomic E-state index is 11.5. The second kappa shape index (κ2) is 11.2. The van der Waals surface area contributed by atoms with E-state index in [1.54, 1.807) is 6.92 Å². The topological polar surface area (TPSA) is 55.4 Å². The van der Waals surface area contributed by atoms with Crippen molar-refractivity contribution in [3.63, 3.8) is 0 Å². The number of benzene rings is 1. The van der Waals surface area contributed by atoms with Gasteiger partial charge >= 0.3 is 0 Å². The summed E-state index contributed by atoms with van der Waals surface area (Å²) in [7, 11) is 0. The van der Waals surface area contributed by atoms with Gasteiger partial charge in [0.1, 0.15) is 5.78 Å². The Labute approximate surface area is 121 Å². The lowest BCUT2D eigenvalue weighted by atomic mass is 10.2. The predicted octanol–water partition coefficient (Wildman–Crippen LogP) is 2.57. The standard InChI is InChI=1S/C14H19NO3.C2H6/c1-11(14(17)15-8-12(2)16)9-18-10-13-6-4-3-5-7-13;1-2/h3-7,11H,8-10H2,1-2H3,(H,15,17);1-2H3/t11-;/m1./s1. The number of ether oxygens (including phenoxy) is 1. The molecule has 0 saturated carbocycles. The Bertz CT molecular complexity index is 390. The summed E-state index contributed by atoms with van der Waals surface area (Å²) in [6, 6.07) is 9.78. The van der Waals surface area contributed by atoms with Crippen LogP contribution in [0.4, 0.5) is 0 Å². The molecule has 1 aromatic rings. The summed E-state index contributed by atoms with van der Waals surface area (Å²) in [4.78, 5) is 22.3. The van der Waals surface area contributed by atoms with E-state index >= 15 is 0 Å². The Balaban J connectivity index is 0.00000172. The molecule has 20 heavy (non-hydrogen) atoms. The summed E-state index contributed by atoms with van der Waals surface area (Å²) >= 11 is 0. The van der Waals surface area contributed by atoms with E-state index in [4.69, 9.17) is 4.74 Å². The highest BCUT2D eigenvalue weighted by Gasteiger charge is 2.12. The van der Waals surface area contributed by atoms with Gasteiger partial charge in [0.05, 0.1) is 25.7 Å². The first kappa shape index (κ1) is 18.3. The lowest BCUT2D eigenvalue weighted by Crippen LogP contribution is -2.34. The van der Waals surface area contributed by atoms with Crippen LogP contribution in [0.3, 0.4) is 0 Å². The van der Waals surface area contributed by atoms with Crippen LogP contribution in [-0.4, -0.2) is 24.8 Å². The van der Waals surface area contributed by atoms with Gasteiger partial charge in [0, 0.05) is 0 Å². The number of Topliss-reactive ketones (excluding diaryl/α,β-unsaturated/α-hetero) is 1. The molecule has 0 saturated heterocycles. The van der Waals surface area contributed by atoms with Gasteiger partial charge in [-0.1, -0.05) is 51.1 Å². The number of carbonyl (C=O) groups excluding carboxylic acids is 2. The van der Waals surface area contributed by atoms with Crippen molar-refractivity contribution < 1.29 is 14.3 Å². The molecule has 0 aliphatic heterocycles. The molecule has 0 heterocycles. The minimum Gasteiger partial charge on any atom is -0.376 e. The van der Waals surface area contributed by atoms with Gasteiger partial charge in [-0.3, -0.25) is 9.59 Å². The molecule has 1 aromatic carbocycles. The average Bonchev–Trinajstić information content (AvgIpc) is 2.47. The van der Waals surface area contributed by atoms with Crippen LogP contribution in [-0.2, 0) is 20.9 Å². The zero-order chi connectivity index (χ0) is 15.4. The maximum Gasteiger partial charge on any atom is 0.225 e. The van der Waals surface area contributed by atoms with Crippen LogP contribution >= 0.6 is 0 Å². The molecule has 1 rings (SSSR count). The van der Waals surface area contributed by atoms with E-state index in [0.29, 0.717) is 13.2 Å². The van der Waals surface area contributed by atoms with Gasteiger partial charge in [-0.15, -0.1) is 0 Å². The monoisotopic (exact) mass is 279 g/mol. The molecule has 0 aliphatic carbocycles. The first-order chi connectivity index (χ1) is 9.59. The molecule has 0 fully saturated rings. The molecule has 112 valence electrons. The van der Waals surface area contributed by atoms with E-state index in [2.05, 4.69) is 5.32 Å². The molecule has 0 radical (unpaired) electrons. The van der Waals surface area contributed by atoms with E-state index < -0.39 is 0 Å². The average molecular weight is 279 g/mol. The molecule has 1 N–H and O–H groups in total. The maximum atomic E-state index is 11.5. The van der Waals surface area contributed by atoms with Crippen molar-refractivity contribution in [3.8, 4) is 0 Å². The Morgan fingerprint density at radius 2 is 1.80 bits per heavy atom. The fourth-order valence-corrected chi connectivity index (χ4v) is 1.39. The van der Waals surface area contributed by atoms with Crippen LogP contribution in [0.25, 0.3) is 0 Å². The summed E-state index contributed by atoms with van der Waals surface area (Å²) in [6.45, 7) is 8.14. The lowest BCUT2D eigenvalue weighted by molar-refractivity contribution is -0.128. The Morgan fingerprint density at radius 1 is 1.20 bits per heavy atom. The number of nitrogens with one attached hydrogen (secondary N) is 1. The van der Waals surface area contributed by atoms with E-state index in [1.807, 2.05) is 44.2 Å². The fraction of sp³-hybridized carbons (Fsp3) is 0.500. The van der Waals surface area contributed by atoms with Gasteiger partial charge in [0.2, 0.25) is 5.91 Å². The zero-order valence-corrected chi connectivity index (χ0v) is 12.8. The highest BCUT2D eigenvalue weighted by molar-refractivity contribution is 5.85. The number of rotatable bonds is 7. The first-order valence-electron chi connectivity index (χ1n) is 6.98. The minimum atomic E-state index is -0.256. The van der Waals surface area contributed by atoms with Crippen LogP contribution < -0.4 is 5.32 Å². The van der Waals surface area contributed by atoms with Crippen LogP contribution in [0.2, 0.25) is 0 Å². The van der Waals surface area contributed by atoms with Crippen molar-refractivity contribution in [1.82, 2.24) is 5.32 Å². The quantitative estimate of drug-likeness (QED) is 0.834. The van der Waals surface area contributed by atoms with Gasteiger partial charge in [-0.2, -0.15) is 0 Å². The SMILES string of the molecule is CC.CC(=O)CNC(=O)[C@H](C)COCc1ccccc1. The fourth-order valence-electron chi connectivity index (χ4n) is 1.39. The Kier molecular flexibility index (Phi) is 10.2. The predicted molar refractivity (Wildman–Crippen MR) is 80.3 cm³/mol. The highest BCUT2D eigenvalue weighted by atomic mass is 16.5. The molecule has 0 aliphatic rings. The molecule has 1 amide bonds. The second-order valence-electron chi connectivity index (χ2n) is 4.32. The van der Waals surface area contributed by atoms with Gasteiger partial charge in [0.15, 0.2) is 0 Å². The van der Waals surface area contributed by atoms with Crippen molar-refractivity contribution >= 4 is 11.7 Å². The van der Waals surface area contributed by atoms with Crippen LogP contribution in [0.5, 0.6) is 0 Å². The van der Waals surface area contributed by atoms with Gasteiger partial charge in [-0.25, -0.2) is 0 Å². The number of hydrogen-bond donors (Lipinski definition) is 1. The third kappa shape index (κ3) is 8.43. The third-order valence-corrected chi connectivity index (χ3v) is 2.44. The first-order valence-corrected chi connectivity index (χ1v) is 6.98. The smallest absolute Gasteiger partial charge is 0.225 e. The third-order valence-electron chi connectivity index (χ3n) is 2.44. The summed E-state index contributed by atoms with van der Waals surface area (Å²) in [6.07, 6.45) is 0. The Hall–Kier alpha value is -1.68. The van der Waals surface area contributed by atoms with Crippen molar-refractivity contribution in [2.24, 2.45) is 5.92 Å². The van der Waals surface area contributed by atoms with Crippen LogP contribution in [0.15, 0.2) is 30.3 Å². The number of hydrogen-bond acceptors (Lipinski definition) is 3. The second-order valence-corrected chi connectivity index (χ2v) is 4.32. The largest absolute Gasteiger partial charge is 0.376 e. The summed E-state index contributed by atoms with van der Waals surface area (Å²) in [5.41, 5.74) is 1.08. The van der Waals surface area contributed by atoms with E-state index in [-0.39, 0.29) is 24.2 Å². The summed E-state index contributed by atoms with van der Waals surface area (Å²) in [5.74, 6) is -0.466. The lowest BCUT2D eigenvalue weighted by Gasteiger charge is -2.11. The van der Waals surface area contributed by atoms with Crippen molar-refractivity contribution in [2.45, 2.75) is 34.3 Å². The molecular formula is C16H25NO3. The van der Waals surface area contributed by atoms with E-state index in [1.165, 1.54) is 6.92 Å². The van der Waals surface area contributed by atoms with Crippen molar-refractivity contribution in [1.29, 1.82) is 0 Å². The molecular weight excluding hydrogens is 254 g/mol. The molecule has 0 bridgehead atoms. The van der Waals surface area contributed by atoms with Crippen molar-refractivity contribution in [2.75, 3.05) is 13.2 Å². The van der Waals surface area contributed by atoms with Crippen LogP contribution in [0.1, 0.15) is 33.3 Å². The molecule has 4 heteroatoms. The highest BCUT2D eigenvalue weighted by Crippen LogP contribution is 2.03. The van der Waals surface area contributed by atoms with E-state index in [9.17, 15) is 9.59 Å². The number of carbonyl (C=O) groups is 2. The van der Waals surface area contributed by atoms with Crippen molar-refractivity contribution in [3.05, 3.63) is 35.9 Å². The van der Waals surface area contributed by atoms with Gasteiger partial charge in [0.25, 0.3) is 0 Å². The molecule has 1 atom stereocenters. The summed E-state index contributed by atoms with van der Waals surface area (Å²) in [5, 5.41) is 2.56. The van der Waals surface area contributed by atoms with Gasteiger partial charge in [-0.05, 0) is 12.5 Å². The summed E-state index contributed by atoms with van der Waals surface area (Å²) < 4.78 is 5.46. The zero-order valence-electron chi connectivity index (χ0n) is 12.8. The number of ketones is 1. The normalized spacial score (nSPS) is 11.0. The molecule has 0 unspecified atom stereocenters. The molecule has 0 aromatic heterocycles. The van der Waals surface area contributed by atoms with Gasteiger partial charge < -0.3 is 10.1 Å². The van der Waals surface area contributed by atoms with E-state index in [0.717, 1.165) is 5.56 Å². The number of amides is 1. The Morgan fingerprint density at radius 3 is 2.35 bits per heavy atom.